The van der Waals surface area contributed by atoms with Crippen molar-refractivity contribution in [2.45, 2.75) is 64.3 Å². The molecule has 1 fully saturated rings. The monoisotopic (exact) mass is 412 g/mol. The summed E-state index contributed by atoms with van der Waals surface area (Å²) in [4.78, 5) is 0. The van der Waals surface area contributed by atoms with E-state index in [-0.39, 0.29) is 6.61 Å². The maximum Gasteiger partial charge on any atom is 0.499 e. The molecule has 0 N–H and O–H groups in total. The Kier molecular flexibility index (Phi) is 4.60. The molecule has 1 saturated heterocycles. The minimum atomic E-state index is -4.50. The molecule has 2 aliphatic heterocycles. The number of aromatic nitrogens is 2. The molecule has 1 unspecified atom stereocenters. The predicted molar refractivity (Wildman–Crippen MR) is 98.0 cm³/mol. The third-order valence-electron chi connectivity index (χ3n) is 5.83. The summed E-state index contributed by atoms with van der Waals surface area (Å²) in [5.74, 6) is -0.421. The Labute approximate surface area is 166 Å². The normalized spacial score (nSPS) is 23.3. The molecule has 10 heteroatoms. The highest BCUT2D eigenvalue weighted by atomic mass is 19.4. The lowest BCUT2D eigenvalue weighted by atomic mass is 9.75. The van der Waals surface area contributed by atoms with E-state index in [1.54, 1.807) is 0 Å². The number of hydrogen-bond acceptors (Lipinski definition) is 4. The Bertz CT molecular complexity index is 909. The Morgan fingerprint density at radius 2 is 1.66 bits per heavy atom. The molecular formula is C19H21BF4N2O3. The molecule has 4 rings (SSSR count). The maximum atomic E-state index is 13.4. The van der Waals surface area contributed by atoms with Crippen LogP contribution < -0.4 is 5.46 Å². The first kappa shape index (κ1) is 20.4. The van der Waals surface area contributed by atoms with Gasteiger partial charge in [-0.25, -0.2) is 4.39 Å². The number of nitrogens with zero attached hydrogens (tertiary/aromatic N) is 2. The Balaban J connectivity index is 1.81. The summed E-state index contributed by atoms with van der Waals surface area (Å²) in [6.45, 7) is 6.80. The molecule has 29 heavy (non-hydrogen) atoms. The molecule has 0 aliphatic carbocycles. The Morgan fingerprint density at radius 1 is 1.07 bits per heavy atom. The van der Waals surface area contributed by atoms with Crippen LogP contribution in [0.5, 0.6) is 0 Å². The fourth-order valence-corrected chi connectivity index (χ4v) is 3.43. The van der Waals surface area contributed by atoms with E-state index in [4.69, 9.17) is 14.0 Å². The lowest BCUT2D eigenvalue weighted by molar-refractivity contribution is -0.234. The number of benzene rings is 1. The fourth-order valence-electron chi connectivity index (χ4n) is 3.43. The molecule has 0 spiro atoms. The van der Waals surface area contributed by atoms with E-state index >= 15 is 0 Å². The molecule has 0 radical (unpaired) electrons. The number of halogens is 4. The van der Waals surface area contributed by atoms with Crippen LogP contribution in [0.4, 0.5) is 17.6 Å². The molecule has 1 atom stereocenters. The van der Waals surface area contributed by atoms with Crippen molar-refractivity contribution in [3.8, 4) is 11.3 Å². The number of alkyl halides is 3. The molecule has 5 nitrogen and oxygen atoms in total. The first-order valence-corrected chi connectivity index (χ1v) is 9.28. The molecule has 0 bridgehead atoms. The lowest BCUT2D eigenvalue weighted by Gasteiger charge is -2.32. The van der Waals surface area contributed by atoms with Crippen molar-refractivity contribution in [3.63, 3.8) is 0 Å². The van der Waals surface area contributed by atoms with Gasteiger partial charge in [0.1, 0.15) is 5.82 Å². The highest BCUT2D eigenvalue weighted by Gasteiger charge is 2.54. The van der Waals surface area contributed by atoms with E-state index in [2.05, 4.69) is 5.10 Å². The number of ether oxygens (including phenoxy) is 1. The van der Waals surface area contributed by atoms with E-state index in [1.807, 2.05) is 27.7 Å². The topological polar surface area (TPSA) is 45.5 Å². The van der Waals surface area contributed by atoms with E-state index in [0.29, 0.717) is 22.4 Å². The summed E-state index contributed by atoms with van der Waals surface area (Å²) in [6.07, 6.45) is -6.44. The van der Waals surface area contributed by atoms with Gasteiger partial charge in [0.25, 0.3) is 0 Å². The second-order valence-electron chi connectivity index (χ2n) is 8.33. The van der Waals surface area contributed by atoms with Gasteiger partial charge in [-0.2, -0.15) is 18.3 Å². The average Bonchev–Trinajstić information content (AvgIpc) is 3.08. The largest absolute Gasteiger partial charge is 0.499 e. The lowest BCUT2D eigenvalue weighted by Crippen LogP contribution is -2.43. The van der Waals surface area contributed by atoms with E-state index in [9.17, 15) is 17.6 Å². The minimum absolute atomic E-state index is 0.280. The summed E-state index contributed by atoms with van der Waals surface area (Å²) in [5, 5.41) is 4.41. The molecule has 1 aromatic carbocycles. The van der Waals surface area contributed by atoms with Crippen molar-refractivity contribution in [2.75, 3.05) is 0 Å². The number of fused-ring (bicyclic) bond motifs is 1. The summed E-state index contributed by atoms with van der Waals surface area (Å²) in [6, 6.07) is 5.61. The van der Waals surface area contributed by atoms with E-state index < -0.39 is 43.0 Å². The van der Waals surface area contributed by atoms with Crippen molar-refractivity contribution in [2.24, 2.45) is 0 Å². The first-order chi connectivity index (χ1) is 13.4. The standard InChI is InChI=1S/C19H21BF4N2O3/c1-17(2)18(3,4)29-20(28-17)15-13-10-27-14(19(22,23)24)9-26(13)25-16(15)11-5-7-12(21)8-6-11/h5-8,14H,9-10H2,1-4H3. The van der Waals surface area contributed by atoms with Gasteiger partial charge in [-0.3, -0.25) is 4.68 Å². The summed E-state index contributed by atoms with van der Waals surface area (Å²) < 4.78 is 71.5. The number of hydrogen-bond donors (Lipinski definition) is 0. The van der Waals surface area contributed by atoms with Gasteiger partial charge in [0.15, 0.2) is 6.10 Å². The molecular weight excluding hydrogens is 391 g/mol. The van der Waals surface area contributed by atoms with Crippen LogP contribution in [0, 0.1) is 5.82 Å². The van der Waals surface area contributed by atoms with Crippen LogP contribution in [0.3, 0.4) is 0 Å². The third kappa shape index (κ3) is 3.47. The number of rotatable bonds is 2. The van der Waals surface area contributed by atoms with Crippen molar-refractivity contribution >= 4 is 12.6 Å². The zero-order valence-corrected chi connectivity index (χ0v) is 16.5. The molecule has 2 aromatic rings. The van der Waals surface area contributed by atoms with Gasteiger partial charge in [-0.05, 0) is 52.0 Å². The van der Waals surface area contributed by atoms with Crippen LogP contribution in [0.1, 0.15) is 33.4 Å². The quantitative estimate of drug-likeness (QED) is 0.560. The van der Waals surface area contributed by atoms with Gasteiger partial charge in [-0.15, -0.1) is 0 Å². The van der Waals surface area contributed by atoms with Crippen molar-refractivity contribution < 1.29 is 31.6 Å². The highest BCUT2D eigenvalue weighted by Crippen LogP contribution is 2.38. The van der Waals surface area contributed by atoms with Crippen molar-refractivity contribution in [1.29, 1.82) is 0 Å². The molecule has 1 aromatic heterocycles. The average molecular weight is 412 g/mol. The van der Waals surface area contributed by atoms with Crippen LogP contribution in [0.15, 0.2) is 24.3 Å². The first-order valence-electron chi connectivity index (χ1n) is 9.28. The smallest absolute Gasteiger partial charge is 0.399 e. The van der Waals surface area contributed by atoms with Gasteiger partial charge >= 0.3 is 13.3 Å². The van der Waals surface area contributed by atoms with Crippen LogP contribution in [-0.4, -0.2) is 40.4 Å². The minimum Gasteiger partial charge on any atom is -0.399 e. The van der Waals surface area contributed by atoms with E-state index in [0.717, 1.165) is 0 Å². The zero-order valence-electron chi connectivity index (χ0n) is 16.5. The van der Waals surface area contributed by atoms with Gasteiger partial charge in [-0.1, -0.05) is 0 Å². The predicted octanol–water partition coefficient (Wildman–Crippen LogP) is 3.45. The Hall–Kier alpha value is -1.91. The van der Waals surface area contributed by atoms with Crippen molar-refractivity contribution in [1.82, 2.24) is 9.78 Å². The second kappa shape index (κ2) is 6.55. The zero-order chi connectivity index (χ0) is 21.2. The third-order valence-corrected chi connectivity index (χ3v) is 5.83. The van der Waals surface area contributed by atoms with Gasteiger partial charge in [0.2, 0.25) is 0 Å². The van der Waals surface area contributed by atoms with E-state index in [1.165, 1.54) is 28.9 Å². The van der Waals surface area contributed by atoms with Crippen molar-refractivity contribution in [3.05, 3.63) is 35.8 Å². The SMILES string of the molecule is CC1(C)OB(c2c(-c3ccc(F)cc3)nn3c2COC(C(F)(F)F)C3)OC1(C)C. The van der Waals surface area contributed by atoms with Gasteiger partial charge < -0.3 is 14.0 Å². The van der Waals surface area contributed by atoms with Gasteiger partial charge in [0.05, 0.1) is 35.7 Å². The maximum absolute atomic E-state index is 13.4. The summed E-state index contributed by atoms with van der Waals surface area (Å²) >= 11 is 0. The van der Waals surface area contributed by atoms with Gasteiger partial charge in [0, 0.05) is 11.0 Å². The summed E-state index contributed by atoms with van der Waals surface area (Å²) in [5.41, 5.74) is 0.637. The molecule has 2 aliphatic rings. The van der Waals surface area contributed by atoms with Crippen LogP contribution in [0.2, 0.25) is 0 Å². The highest BCUT2D eigenvalue weighted by molar-refractivity contribution is 6.64. The van der Waals surface area contributed by atoms with Crippen LogP contribution in [-0.2, 0) is 27.2 Å². The fraction of sp³-hybridized carbons (Fsp3) is 0.526. The van der Waals surface area contributed by atoms with Crippen LogP contribution >= 0.6 is 0 Å². The molecule has 156 valence electrons. The molecule has 0 amide bonds. The molecule has 3 heterocycles. The molecule has 0 saturated carbocycles. The second-order valence-corrected chi connectivity index (χ2v) is 8.33. The van der Waals surface area contributed by atoms with Crippen LogP contribution in [0.25, 0.3) is 11.3 Å². The Morgan fingerprint density at radius 3 is 2.21 bits per heavy atom. The summed E-state index contributed by atoms with van der Waals surface area (Å²) in [7, 11) is -0.838.